The number of piperidine rings is 1. The number of aryl methyl sites for hydroxylation is 1. The first-order valence-electron chi connectivity index (χ1n) is 11.4. The summed E-state index contributed by atoms with van der Waals surface area (Å²) in [4.78, 5) is 2.60. The summed E-state index contributed by atoms with van der Waals surface area (Å²) in [5, 5.41) is 4.62. The fraction of sp³-hybridized carbons (Fsp3) is 0.321. The van der Waals surface area contributed by atoms with Crippen LogP contribution in [0.1, 0.15) is 41.6 Å². The van der Waals surface area contributed by atoms with Crippen LogP contribution in [0.15, 0.2) is 67.4 Å². The fourth-order valence-corrected chi connectivity index (χ4v) is 4.36. The Kier molecular flexibility index (Phi) is 6.83. The highest BCUT2D eigenvalue weighted by molar-refractivity contribution is 5.82. The van der Waals surface area contributed by atoms with E-state index in [9.17, 15) is 0 Å². The van der Waals surface area contributed by atoms with Crippen LogP contribution in [0.4, 0.5) is 0 Å². The van der Waals surface area contributed by atoms with Crippen molar-refractivity contribution in [2.75, 3.05) is 19.6 Å². The number of rotatable bonds is 7. The van der Waals surface area contributed by atoms with Crippen molar-refractivity contribution in [2.24, 2.45) is 0 Å². The summed E-state index contributed by atoms with van der Waals surface area (Å²) in [5.41, 5.74) is 8.39. The van der Waals surface area contributed by atoms with Crippen molar-refractivity contribution in [3.63, 3.8) is 0 Å². The molecule has 0 N–H and O–H groups in total. The minimum absolute atomic E-state index is 1.07. The van der Waals surface area contributed by atoms with Gasteiger partial charge in [-0.2, -0.15) is 5.10 Å². The average molecular weight is 412 g/mol. The van der Waals surface area contributed by atoms with E-state index in [1.807, 2.05) is 17.0 Å². The molecule has 0 saturated carbocycles. The predicted octanol–water partition coefficient (Wildman–Crippen LogP) is 6.38. The first-order chi connectivity index (χ1) is 15.1. The number of nitrogens with zero attached hydrogens (tertiary/aromatic N) is 3. The molecule has 1 fully saturated rings. The summed E-state index contributed by atoms with van der Waals surface area (Å²) in [6.07, 6.45) is 11.1. The van der Waals surface area contributed by atoms with Crippen LogP contribution in [0.2, 0.25) is 0 Å². The van der Waals surface area contributed by atoms with Crippen molar-refractivity contribution in [1.82, 2.24) is 14.7 Å². The summed E-state index contributed by atoms with van der Waals surface area (Å²) < 4.78 is 1.96. The van der Waals surface area contributed by atoms with Crippen molar-refractivity contribution >= 4 is 11.8 Å². The molecule has 160 valence electrons. The molecule has 2 aromatic carbocycles. The molecule has 0 atom stereocenters. The van der Waals surface area contributed by atoms with Gasteiger partial charge in [0.05, 0.1) is 6.20 Å². The van der Waals surface area contributed by atoms with Crippen molar-refractivity contribution < 1.29 is 0 Å². The van der Waals surface area contributed by atoms with E-state index in [1.165, 1.54) is 54.6 Å². The molecule has 3 aromatic rings. The smallest absolute Gasteiger partial charge is 0.0575 e. The Bertz CT molecular complexity index is 1050. The number of allylic oxidation sites excluding steroid dienone is 2. The molecule has 1 aromatic heterocycles. The van der Waals surface area contributed by atoms with Gasteiger partial charge in [-0.1, -0.05) is 73.2 Å². The largest absolute Gasteiger partial charge is 0.303 e. The van der Waals surface area contributed by atoms with Crippen molar-refractivity contribution in [3.8, 4) is 11.1 Å². The lowest BCUT2D eigenvalue weighted by Gasteiger charge is -2.26. The van der Waals surface area contributed by atoms with Gasteiger partial charge in [-0.05, 0) is 68.5 Å². The molecule has 1 aliphatic rings. The summed E-state index contributed by atoms with van der Waals surface area (Å²) in [6.45, 7) is 12.0. The lowest BCUT2D eigenvalue weighted by atomic mass is 10.0. The van der Waals surface area contributed by atoms with Crippen LogP contribution in [0.3, 0.4) is 0 Å². The third-order valence-corrected chi connectivity index (χ3v) is 6.31. The van der Waals surface area contributed by atoms with Gasteiger partial charge in [-0.15, -0.1) is 0 Å². The van der Waals surface area contributed by atoms with E-state index in [-0.39, 0.29) is 0 Å². The van der Waals surface area contributed by atoms with Crippen LogP contribution >= 0.6 is 0 Å². The number of benzene rings is 2. The van der Waals surface area contributed by atoms with E-state index in [1.54, 1.807) is 0 Å². The first-order valence-corrected chi connectivity index (χ1v) is 11.4. The highest BCUT2D eigenvalue weighted by atomic mass is 15.3. The topological polar surface area (TPSA) is 21.1 Å². The molecule has 3 heteroatoms. The quantitative estimate of drug-likeness (QED) is 0.421. The molecule has 1 aliphatic heterocycles. The molecule has 0 radical (unpaired) electrons. The lowest BCUT2D eigenvalue weighted by molar-refractivity contribution is 0.231. The predicted molar refractivity (Wildman–Crippen MR) is 132 cm³/mol. The zero-order valence-corrected chi connectivity index (χ0v) is 18.8. The highest BCUT2D eigenvalue weighted by Crippen LogP contribution is 2.25. The summed E-state index contributed by atoms with van der Waals surface area (Å²) in [7, 11) is 0. The van der Waals surface area contributed by atoms with Gasteiger partial charge in [0.1, 0.15) is 0 Å². The van der Waals surface area contributed by atoms with Crippen LogP contribution in [0, 0.1) is 13.8 Å². The number of aromatic nitrogens is 2. The van der Waals surface area contributed by atoms with E-state index >= 15 is 0 Å². The minimum atomic E-state index is 1.07. The molecule has 4 rings (SSSR count). The van der Waals surface area contributed by atoms with E-state index < -0.39 is 0 Å². The van der Waals surface area contributed by atoms with E-state index in [0.717, 1.165) is 29.8 Å². The Morgan fingerprint density at radius 3 is 2.52 bits per heavy atom. The molecule has 0 amide bonds. The van der Waals surface area contributed by atoms with Crippen molar-refractivity contribution in [3.05, 3.63) is 89.8 Å². The lowest BCUT2D eigenvalue weighted by Crippen LogP contribution is -2.31. The second-order valence-electron chi connectivity index (χ2n) is 8.60. The summed E-state index contributed by atoms with van der Waals surface area (Å²) in [6, 6.07) is 17.5. The fourth-order valence-electron chi connectivity index (χ4n) is 4.36. The molecule has 0 spiro atoms. The Morgan fingerprint density at radius 2 is 1.81 bits per heavy atom. The van der Waals surface area contributed by atoms with E-state index in [4.69, 9.17) is 0 Å². The molecular formula is C28H33N3. The van der Waals surface area contributed by atoms with Gasteiger partial charge in [-0.25, -0.2) is 4.68 Å². The van der Waals surface area contributed by atoms with Crippen LogP contribution in [-0.2, 0) is 6.42 Å². The third kappa shape index (κ3) is 5.23. The molecule has 0 bridgehead atoms. The van der Waals surface area contributed by atoms with Gasteiger partial charge in [0.2, 0.25) is 0 Å². The zero-order chi connectivity index (χ0) is 21.6. The maximum atomic E-state index is 4.62. The molecule has 3 nitrogen and oxygen atoms in total. The van der Waals surface area contributed by atoms with E-state index in [2.05, 4.69) is 85.2 Å². The van der Waals surface area contributed by atoms with Gasteiger partial charge >= 0.3 is 0 Å². The zero-order valence-electron chi connectivity index (χ0n) is 18.8. The number of likely N-dealkylation sites (tertiary alicyclic amines) is 1. The Hall–Kier alpha value is -2.91. The number of hydrogen-bond donors (Lipinski definition) is 0. The normalized spacial score (nSPS) is 15.2. The van der Waals surface area contributed by atoms with Gasteiger partial charge in [0, 0.05) is 24.0 Å². The highest BCUT2D eigenvalue weighted by Gasteiger charge is 2.11. The minimum Gasteiger partial charge on any atom is -0.303 e. The van der Waals surface area contributed by atoms with E-state index in [0.29, 0.717) is 0 Å². The third-order valence-electron chi connectivity index (χ3n) is 6.31. The van der Waals surface area contributed by atoms with Gasteiger partial charge in [0.25, 0.3) is 0 Å². The van der Waals surface area contributed by atoms with Gasteiger partial charge in [-0.3, -0.25) is 0 Å². The Morgan fingerprint density at radius 1 is 1.03 bits per heavy atom. The molecule has 0 unspecified atom stereocenters. The van der Waals surface area contributed by atoms with Gasteiger partial charge < -0.3 is 4.90 Å². The molecule has 1 saturated heterocycles. The van der Waals surface area contributed by atoms with Crippen molar-refractivity contribution in [2.45, 2.75) is 39.5 Å². The maximum absolute atomic E-state index is 4.62. The van der Waals surface area contributed by atoms with Gasteiger partial charge in [0.15, 0.2) is 0 Å². The summed E-state index contributed by atoms with van der Waals surface area (Å²) >= 11 is 0. The Labute approximate surface area is 186 Å². The molecular weight excluding hydrogens is 378 g/mol. The first kappa shape index (κ1) is 21.3. The summed E-state index contributed by atoms with van der Waals surface area (Å²) in [5.74, 6) is 0. The molecule has 2 heterocycles. The number of hydrogen-bond acceptors (Lipinski definition) is 2. The standard InChI is InChI=1S/C28H33N3/c1-4-25(21-31-23(3)28(20-29-31)27-10-8-9-22(2)19-27)26-13-11-24(12-14-26)15-18-30-16-6-5-7-17-30/h4,8-14,19-21H,1,5-7,15-18H2,2-3H3/b25-21+. The second-order valence-corrected chi connectivity index (χ2v) is 8.60. The van der Waals surface area contributed by atoms with Crippen LogP contribution in [0.5, 0.6) is 0 Å². The SMILES string of the molecule is C=C/C(=C\n1ncc(-c2cccc(C)c2)c1C)c1ccc(CCN2CCCCC2)cc1. The van der Waals surface area contributed by atoms with Crippen LogP contribution in [-0.4, -0.2) is 34.3 Å². The van der Waals surface area contributed by atoms with Crippen LogP contribution in [0.25, 0.3) is 22.9 Å². The monoisotopic (exact) mass is 411 g/mol. The average Bonchev–Trinajstić information content (AvgIpc) is 3.17. The Balaban J connectivity index is 1.49. The van der Waals surface area contributed by atoms with Crippen molar-refractivity contribution in [1.29, 1.82) is 0 Å². The molecule has 0 aliphatic carbocycles. The maximum Gasteiger partial charge on any atom is 0.0575 e. The van der Waals surface area contributed by atoms with Crippen LogP contribution < -0.4 is 0 Å². The molecule has 31 heavy (non-hydrogen) atoms. The second kappa shape index (κ2) is 9.93.